The summed E-state index contributed by atoms with van der Waals surface area (Å²) < 4.78 is 5.74. The molecule has 0 aliphatic carbocycles. The van der Waals surface area contributed by atoms with Gasteiger partial charge in [0.05, 0.1) is 17.7 Å². The second kappa shape index (κ2) is 7.14. The highest BCUT2D eigenvalue weighted by molar-refractivity contribution is 6.22. The lowest BCUT2D eigenvalue weighted by Crippen LogP contribution is -2.49. The summed E-state index contributed by atoms with van der Waals surface area (Å²) in [5.41, 5.74) is 0.688. The third kappa shape index (κ3) is 3.38. The van der Waals surface area contributed by atoms with Gasteiger partial charge < -0.3 is 9.64 Å². The molecule has 2 aliphatic heterocycles. The van der Waals surface area contributed by atoms with E-state index in [9.17, 15) is 14.4 Å². The van der Waals surface area contributed by atoms with E-state index in [0.29, 0.717) is 24.2 Å². The molecule has 0 bridgehead atoms. The molecule has 8 nitrogen and oxygen atoms in total. The second-order valence-corrected chi connectivity index (χ2v) is 6.50. The first-order valence-corrected chi connectivity index (χ1v) is 8.80. The summed E-state index contributed by atoms with van der Waals surface area (Å²) in [6.07, 6.45) is 4.53. The number of aromatic nitrogens is 2. The Balaban J connectivity index is 1.40. The summed E-state index contributed by atoms with van der Waals surface area (Å²) in [5.74, 6) is -1.12. The first-order chi connectivity index (χ1) is 13.1. The van der Waals surface area contributed by atoms with Crippen LogP contribution in [-0.4, -0.2) is 63.2 Å². The molecule has 2 aromatic rings. The number of carbonyl (C=O) groups is 3. The average Bonchev–Trinajstić information content (AvgIpc) is 2.94. The zero-order valence-corrected chi connectivity index (χ0v) is 14.6. The van der Waals surface area contributed by atoms with Gasteiger partial charge in [-0.15, -0.1) is 0 Å². The lowest BCUT2D eigenvalue weighted by molar-refractivity contribution is -0.134. The number of fused-ring (bicyclic) bond motifs is 1. The number of ether oxygens (including phenoxy) is 1. The molecule has 8 heteroatoms. The van der Waals surface area contributed by atoms with Crippen LogP contribution in [0.1, 0.15) is 33.6 Å². The van der Waals surface area contributed by atoms with Gasteiger partial charge in [-0.1, -0.05) is 12.1 Å². The van der Waals surface area contributed by atoms with Crippen molar-refractivity contribution in [2.75, 3.05) is 19.6 Å². The highest BCUT2D eigenvalue weighted by Crippen LogP contribution is 2.23. The number of nitrogens with zero attached hydrogens (tertiary/aromatic N) is 4. The number of carbonyl (C=O) groups excluding carboxylic acids is 3. The smallest absolute Gasteiger partial charge is 0.316 e. The highest BCUT2D eigenvalue weighted by Gasteiger charge is 2.37. The molecule has 3 amide bonds. The third-order valence-electron chi connectivity index (χ3n) is 4.72. The molecule has 0 radical (unpaired) electrons. The van der Waals surface area contributed by atoms with Crippen molar-refractivity contribution in [3.8, 4) is 6.01 Å². The number of likely N-dealkylation sites (tertiary alicyclic amines) is 1. The molecular formula is C19H18N4O4. The minimum absolute atomic E-state index is 0.215. The maximum Gasteiger partial charge on any atom is 0.316 e. The first kappa shape index (κ1) is 17.1. The Kier molecular flexibility index (Phi) is 4.53. The fraction of sp³-hybridized carbons (Fsp3) is 0.316. The van der Waals surface area contributed by atoms with Crippen LogP contribution in [0, 0.1) is 0 Å². The summed E-state index contributed by atoms with van der Waals surface area (Å²) in [7, 11) is 0. The van der Waals surface area contributed by atoms with Crippen LogP contribution in [0.2, 0.25) is 0 Å². The van der Waals surface area contributed by atoms with Crippen LogP contribution in [0.15, 0.2) is 42.7 Å². The number of piperidine rings is 1. The molecule has 0 saturated carbocycles. The lowest BCUT2D eigenvalue weighted by atomic mass is 10.1. The maximum absolute atomic E-state index is 12.7. The van der Waals surface area contributed by atoms with Gasteiger partial charge in [0.25, 0.3) is 11.8 Å². The van der Waals surface area contributed by atoms with E-state index in [1.165, 1.54) is 0 Å². The van der Waals surface area contributed by atoms with Crippen molar-refractivity contribution >= 4 is 17.7 Å². The number of amides is 3. The molecule has 1 atom stereocenters. The average molecular weight is 366 g/mol. The van der Waals surface area contributed by atoms with Crippen LogP contribution < -0.4 is 4.74 Å². The quantitative estimate of drug-likeness (QED) is 0.754. The Morgan fingerprint density at radius 3 is 2.41 bits per heavy atom. The molecule has 4 rings (SSSR count). The lowest BCUT2D eigenvalue weighted by Gasteiger charge is -2.33. The summed E-state index contributed by atoms with van der Waals surface area (Å²) in [4.78, 5) is 48.2. The molecule has 1 unspecified atom stereocenters. The van der Waals surface area contributed by atoms with Gasteiger partial charge in [-0.2, -0.15) is 0 Å². The van der Waals surface area contributed by atoms with Crippen LogP contribution in [0.5, 0.6) is 6.01 Å². The number of hydrogen-bond acceptors (Lipinski definition) is 6. The molecule has 0 spiro atoms. The Bertz CT molecular complexity index is 851. The number of rotatable bonds is 4. The molecule has 138 valence electrons. The third-order valence-corrected chi connectivity index (χ3v) is 4.72. The van der Waals surface area contributed by atoms with Gasteiger partial charge in [0.2, 0.25) is 5.91 Å². The second-order valence-electron chi connectivity index (χ2n) is 6.50. The fourth-order valence-electron chi connectivity index (χ4n) is 3.37. The minimum Gasteiger partial charge on any atom is -0.458 e. The SMILES string of the molecule is O=C(CN1C(=O)c2ccccc2C1=O)N1CCCC(Oc2ncccn2)C1. The summed E-state index contributed by atoms with van der Waals surface area (Å²) >= 11 is 0. The predicted octanol–water partition coefficient (Wildman–Crippen LogP) is 1.14. The number of imide groups is 1. The van der Waals surface area contributed by atoms with Gasteiger partial charge in [0, 0.05) is 18.9 Å². The predicted molar refractivity (Wildman–Crippen MR) is 94.1 cm³/mol. The molecule has 1 fully saturated rings. The normalized spacial score (nSPS) is 19.2. The molecule has 1 aromatic carbocycles. The van der Waals surface area contributed by atoms with Gasteiger partial charge in [0.15, 0.2) is 0 Å². The van der Waals surface area contributed by atoms with Crippen LogP contribution in [0.4, 0.5) is 0 Å². The number of hydrogen-bond donors (Lipinski definition) is 0. The van der Waals surface area contributed by atoms with Crippen molar-refractivity contribution in [3.05, 3.63) is 53.9 Å². The number of benzene rings is 1. The van der Waals surface area contributed by atoms with E-state index in [4.69, 9.17) is 4.74 Å². The van der Waals surface area contributed by atoms with E-state index in [-0.39, 0.29) is 24.6 Å². The topological polar surface area (TPSA) is 92.7 Å². The van der Waals surface area contributed by atoms with Crippen LogP contribution in [0.25, 0.3) is 0 Å². The first-order valence-electron chi connectivity index (χ1n) is 8.80. The van der Waals surface area contributed by atoms with Gasteiger partial charge in [-0.25, -0.2) is 9.97 Å². The molecule has 2 aliphatic rings. The van der Waals surface area contributed by atoms with Crippen molar-refractivity contribution in [2.45, 2.75) is 18.9 Å². The van der Waals surface area contributed by atoms with E-state index in [2.05, 4.69) is 9.97 Å². The summed E-state index contributed by atoms with van der Waals surface area (Å²) in [6, 6.07) is 8.58. The van der Waals surface area contributed by atoms with Crippen molar-refractivity contribution in [3.63, 3.8) is 0 Å². The largest absolute Gasteiger partial charge is 0.458 e. The van der Waals surface area contributed by atoms with Crippen molar-refractivity contribution in [2.24, 2.45) is 0 Å². The molecule has 27 heavy (non-hydrogen) atoms. The maximum atomic E-state index is 12.7. The molecule has 1 saturated heterocycles. The fourth-order valence-corrected chi connectivity index (χ4v) is 3.37. The van der Waals surface area contributed by atoms with Gasteiger partial charge in [0.1, 0.15) is 12.6 Å². The monoisotopic (exact) mass is 366 g/mol. The standard InChI is InChI=1S/C19H18N4O4/c24-16(12-23-17(25)14-6-1-2-7-15(14)18(23)26)22-10-3-5-13(11-22)27-19-20-8-4-9-21-19/h1-2,4,6-9,13H,3,5,10-12H2. The van der Waals surface area contributed by atoms with Crippen molar-refractivity contribution in [1.29, 1.82) is 0 Å². The molecule has 3 heterocycles. The van der Waals surface area contributed by atoms with Gasteiger partial charge >= 0.3 is 6.01 Å². The summed E-state index contributed by atoms with van der Waals surface area (Å²) in [6.45, 7) is 0.679. The van der Waals surface area contributed by atoms with E-state index < -0.39 is 11.8 Å². The Hall–Kier alpha value is -3.29. The van der Waals surface area contributed by atoms with Gasteiger partial charge in [-0.05, 0) is 31.0 Å². The van der Waals surface area contributed by atoms with Crippen LogP contribution >= 0.6 is 0 Å². The zero-order chi connectivity index (χ0) is 18.8. The zero-order valence-electron chi connectivity index (χ0n) is 14.6. The van der Waals surface area contributed by atoms with E-state index in [1.807, 2.05) is 0 Å². The minimum atomic E-state index is -0.425. The summed E-state index contributed by atoms with van der Waals surface area (Å²) in [5, 5.41) is 0. The van der Waals surface area contributed by atoms with Crippen molar-refractivity contribution in [1.82, 2.24) is 19.8 Å². The van der Waals surface area contributed by atoms with Crippen LogP contribution in [-0.2, 0) is 4.79 Å². The molecule has 1 aromatic heterocycles. The highest BCUT2D eigenvalue weighted by atomic mass is 16.5. The Labute approximate surface area is 155 Å². The Morgan fingerprint density at radius 1 is 1.07 bits per heavy atom. The van der Waals surface area contributed by atoms with Gasteiger partial charge in [-0.3, -0.25) is 19.3 Å². The van der Waals surface area contributed by atoms with E-state index in [1.54, 1.807) is 47.6 Å². The molecular weight excluding hydrogens is 348 g/mol. The van der Waals surface area contributed by atoms with Crippen LogP contribution in [0.3, 0.4) is 0 Å². The van der Waals surface area contributed by atoms with E-state index in [0.717, 1.165) is 17.7 Å². The van der Waals surface area contributed by atoms with E-state index >= 15 is 0 Å². The van der Waals surface area contributed by atoms with Crippen molar-refractivity contribution < 1.29 is 19.1 Å². The Morgan fingerprint density at radius 2 is 1.74 bits per heavy atom. The molecule has 0 N–H and O–H groups in total.